The third-order valence-electron chi connectivity index (χ3n) is 4.65. The first-order chi connectivity index (χ1) is 12.6. The van der Waals surface area contributed by atoms with Gasteiger partial charge in [0.05, 0.1) is 5.69 Å². The zero-order valence-electron chi connectivity index (χ0n) is 16.2. The van der Waals surface area contributed by atoms with Crippen LogP contribution in [0, 0.1) is 0 Å². The van der Waals surface area contributed by atoms with Gasteiger partial charge in [-0.1, -0.05) is 42.5 Å². The first-order valence-electron chi connectivity index (χ1n) is 9.04. The Morgan fingerprint density at radius 1 is 1.04 bits per heavy atom. The Labute approximate surface area is 167 Å². The van der Waals surface area contributed by atoms with Crippen LogP contribution in [0.2, 0.25) is 0 Å². The number of fused-ring (bicyclic) bond motifs is 1. The molecule has 0 saturated carbocycles. The van der Waals surface area contributed by atoms with Crippen molar-refractivity contribution in [3.8, 4) is 5.75 Å². The molecule has 2 aromatic carbocycles. The molecule has 146 valence electrons. The van der Waals surface area contributed by atoms with E-state index in [4.69, 9.17) is 4.74 Å². The van der Waals surface area contributed by atoms with Gasteiger partial charge in [0.1, 0.15) is 11.9 Å². The van der Waals surface area contributed by atoms with Crippen molar-refractivity contribution in [1.82, 2.24) is 9.80 Å². The number of carbonyl (C=O) groups is 1. The van der Waals surface area contributed by atoms with Crippen molar-refractivity contribution in [1.29, 1.82) is 0 Å². The second kappa shape index (κ2) is 9.62. The molecule has 2 aromatic rings. The largest absolute Gasteiger partial charge is 0.483 e. The van der Waals surface area contributed by atoms with Gasteiger partial charge in [0.15, 0.2) is 0 Å². The summed E-state index contributed by atoms with van der Waals surface area (Å²) in [5.74, 6) is 0.758. The maximum Gasteiger partial charge on any atom is 0.324 e. The Kier molecular flexibility index (Phi) is 7.51. The lowest BCUT2D eigenvalue weighted by molar-refractivity contribution is 0.201. The minimum Gasteiger partial charge on any atom is -0.483 e. The van der Waals surface area contributed by atoms with Gasteiger partial charge in [0.2, 0.25) is 0 Å². The van der Waals surface area contributed by atoms with Crippen molar-refractivity contribution in [3.05, 3.63) is 60.2 Å². The van der Waals surface area contributed by atoms with Crippen LogP contribution in [-0.2, 0) is 0 Å². The van der Waals surface area contributed by atoms with Crippen LogP contribution < -0.4 is 9.64 Å². The number of urea groups is 1. The molecule has 0 bridgehead atoms. The quantitative estimate of drug-likeness (QED) is 0.791. The molecule has 0 spiro atoms. The van der Waals surface area contributed by atoms with E-state index in [0.717, 1.165) is 30.0 Å². The second-order valence-electron chi connectivity index (χ2n) is 6.93. The van der Waals surface area contributed by atoms with E-state index in [2.05, 4.69) is 17.0 Å². The Balaban J connectivity index is 0.00000261. The van der Waals surface area contributed by atoms with Crippen LogP contribution in [0.3, 0.4) is 0 Å². The fraction of sp³-hybridized carbons (Fsp3) is 0.381. The number of amides is 2. The van der Waals surface area contributed by atoms with Crippen LogP contribution in [0.1, 0.15) is 18.1 Å². The number of benzene rings is 2. The molecule has 0 aromatic heterocycles. The molecule has 2 amide bonds. The predicted octanol–water partition coefficient (Wildman–Crippen LogP) is 4.05. The SMILES string of the molecule is CN(C)CCN(C)C(=O)N1CCC(c2ccccc2)Oc2ccccc21.Cl. The van der Waals surface area contributed by atoms with Crippen LogP contribution in [0.4, 0.5) is 10.5 Å². The third kappa shape index (κ3) is 5.15. The topological polar surface area (TPSA) is 36.0 Å². The molecule has 1 unspecified atom stereocenters. The maximum atomic E-state index is 13.0. The molecule has 0 aliphatic carbocycles. The van der Waals surface area contributed by atoms with Gasteiger partial charge in [-0.3, -0.25) is 4.90 Å². The molecule has 5 nitrogen and oxygen atoms in total. The van der Waals surface area contributed by atoms with Gasteiger partial charge in [-0.15, -0.1) is 12.4 Å². The van der Waals surface area contributed by atoms with E-state index in [9.17, 15) is 4.79 Å². The van der Waals surface area contributed by atoms with Crippen molar-refractivity contribution in [2.45, 2.75) is 12.5 Å². The van der Waals surface area contributed by atoms with Crippen molar-refractivity contribution in [3.63, 3.8) is 0 Å². The van der Waals surface area contributed by atoms with E-state index in [-0.39, 0.29) is 24.5 Å². The Bertz CT molecular complexity index is 739. The van der Waals surface area contributed by atoms with Crippen molar-refractivity contribution >= 4 is 24.1 Å². The summed E-state index contributed by atoms with van der Waals surface area (Å²) in [6.07, 6.45) is 0.702. The van der Waals surface area contributed by atoms with Crippen LogP contribution in [0.25, 0.3) is 0 Å². The minimum absolute atomic E-state index is 0. The highest BCUT2D eigenvalue weighted by molar-refractivity contribution is 5.93. The Morgan fingerprint density at radius 3 is 2.41 bits per heavy atom. The average molecular weight is 390 g/mol. The number of halogens is 1. The molecule has 3 rings (SSSR count). The van der Waals surface area contributed by atoms with E-state index in [0.29, 0.717) is 13.1 Å². The smallest absolute Gasteiger partial charge is 0.324 e. The van der Waals surface area contributed by atoms with Gasteiger partial charge in [-0.2, -0.15) is 0 Å². The molecule has 6 heteroatoms. The van der Waals surface area contributed by atoms with Gasteiger partial charge in [-0.25, -0.2) is 4.79 Å². The van der Waals surface area contributed by atoms with Gasteiger partial charge in [0.25, 0.3) is 0 Å². The van der Waals surface area contributed by atoms with Crippen LogP contribution in [0.5, 0.6) is 5.75 Å². The number of rotatable bonds is 4. The molecule has 0 saturated heterocycles. The molecule has 1 aliphatic rings. The molecule has 0 fully saturated rings. The lowest BCUT2D eigenvalue weighted by atomic mass is 10.1. The van der Waals surface area contributed by atoms with Gasteiger partial charge in [0, 0.05) is 33.1 Å². The van der Waals surface area contributed by atoms with Crippen LogP contribution in [0.15, 0.2) is 54.6 Å². The number of hydrogen-bond donors (Lipinski definition) is 0. The third-order valence-corrected chi connectivity index (χ3v) is 4.65. The van der Waals surface area contributed by atoms with E-state index in [1.807, 2.05) is 68.5 Å². The first-order valence-corrected chi connectivity index (χ1v) is 9.04. The van der Waals surface area contributed by atoms with E-state index < -0.39 is 0 Å². The molecular weight excluding hydrogens is 362 g/mol. The van der Waals surface area contributed by atoms with E-state index in [1.165, 1.54) is 0 Å². The minimum atomic E-state index is -0.0535. The molecular formula is C21H28ClN3O2. The standard InChI is InChI=1S/C21H27N3O2.ClH/c1-22(2)15-16-23(3)21(25)24-14-13-19(17-9-5-4-6-10-17)26-20-12-8-7-11-18(20)24;/h4-12,19H,13-16H2,1-3H3;1H. The van der Waals surface area contributed by atoms with Gasteiger partial charge < -0.3 is 14.5 Å². The lowest BCUT2D eigenvalue weighted by Gasteiger charge is -2.28. The summed E-state index contributed by atoms with van der Waals surface area (Å²) in [5.41, 5.74) is 1.98. The van der Waals surface area contributed by atoms with Crippen molar-refractivity contribution in [2.75, 3.05) is 45.7 Å². The van der Waals surface area contributed by atoms with Crippen LogP contribution >= 0.6 is 12.4 Å². The zero-order valence-corrected chi connectivity index (χ0v) is 17.0. The first kappa shape index (κ1) is 21.1. The van der Waals surface area contributed by atoms with Gasteiger partial charge >= 0.3 is 6.03 Å². The summed E-state index contributed by atoms with van der Waals surface area (Å²) >= 11 is 0. The fourth-order valence-electron chi connectivity index (χ4n) is 3.11. The number of ether oxygens (including phenoxy) is 1. The van der Waals surface area contributed by atoms with Crippen molar-refractivity contribution < 1.29 is 9.53 Å². The monoisotopic (exact) mass is 389 g/mol. The number of anilines is 1. The molecule has 1 aliphatic heterocycles. The number of nitrogens with zero attached hydrogens (tertiary/aromatic N) is 3. The highest BCUT2D eigenvalue weighted by Gasteiger charge is 2.28. The number of carbonyl (C=O) groups excluding carboxylic acids is 1. The Morgan fingerprint density at radius 2 is 1.70 bits per heavy atom. The summed E-state index contributed by atoms with van der Waals surface area (Å²) in [7, 11) is 5.88. The Hall–Kier alpha value is -2.24. The molecule has 1 heterocycles. The predicted molar refractivity (Wildman–Crippen MR) is 112 cm³/mol. The van der Waals surface area contributed by atoms with Gasteiger partial charge in [-0.05, 0) is 31.8 Å². The normalized spacial score (nSPS) is 16.0. The van der Waals surface area contributed by atoms with E-state index >= 15 is 0 Å². The van der Waals surface area contributed by atoms with Crippen molar-refractivity contribution in [2.24, 2.45) is 0 Å². The zero-order chi connectivity index (χ0) is 18.5. The fourth-order valence-corrected chi connectivity index (χ4v) is 3.11. The second-order valence-corrected chi connectivity index (χ2v) is 6.93. The van der Waals surface area contributed by atoms with Crippen LogP contribution in [-0.4, -0.2) is 56.6 Å². The number of hydrogen-bond acceptors (Lipinski definition) is 3. The number of para-hydroxylation sites is 2. The highest BCUT2D eigenvalue weighted by Crippen LogP contribution is 2.37. The lowest BCUT2D eigenvalue weighted by Crippen LogP contribution is -2.44. The average Bonchev–Trinajstić information content (AvgIpc) is 2.86. The highest BCUT2D eigenvalue weighted by atomic mass is 35.5. The molecule has 1 atom stereocenters. The summed E-state index contributed by atoms with van der Waals surface area (Å²) in [6.45, 7) is 2.15. The summed E-state index contributed by atoms with van der Waals surface area (Å²) in [5, 5.41) is 0. The maximum absolute atomic E-state index is 13.0. The summed E-state index contributed by atoms with van der Waals surface area (Å²) in [4.78, 5) is 18.7. The molecule has 0 N–H and O–H groups in total. The molecule has 27 heavy (non-hydrogen) atoms. The summed E-state index contributed by atoms with van der Waals surface area (Å²) in [6, 6.07) is 18.0. The number of likely N-dealkylation sites (N-methyl/N-ethyl adjacent to an activating group) is 2. The summed E-state index contributed by atoms with van der Waals surface area (Å²) < 4.78 is 6.28. The van der Waals surface area contributed by atoms with E-state index in [1.54, 1.807) is 4.90 Å². The molecule has 0 radical (unpaired) electrons.